The van der Waals surface area contributed by atoms with E-state index in [1.54, 1.807) is 5.56 Å². The molecule has 1 fully saturated rings. The zero-order chi connectivity index (χ0) is 12.3. The summed E-state index contributed by atoms with van der Waals surface area (Å²) >= 11 is 0. The molecular formula is C16H25N. The van der Waals surface area contributed by atoms with Crippen LogP contribution in [0, 0.1) is 12.8 Å². The van der Waals surface area contributed by atoms with Crippen LogP contribution in [0.15, 0.2) is 24.3 Å². The average Bonchev–Trinajstić information content (AvgIpc) is 2.23. The van der Waals surface area contributed by atoms with Crippen LogP contribution in [0.2, 0.25) is 0 Å². The SMILES string of the molecule is Cc1ccccc1C1CC(NCCC(C)C)C1. The van der Waals surface area contributed by atoms with E-state index in [1.165, 1.54) is 31.4 Å². The molecule has 0 radical (unpaired) electrons. The molecule has 1 heteroatoms. The molecule has 0 spiro atoms. The molecule has 2 rings (SSSR count). The van der Waals surface area contributed by atoms with Crippen molar-refractivity contribution in [3.05, 3.63) is 35.4 Å². The van der Waals surface area contributed by atoms with E-state index in [1.807, 2.05) is 0 Å². The normalized spacial score (nSPS) is 23.8. The molecule has 1 N–H and O–H groups in total. The molecule has 1 nitrogen and oxygen atoms in total. The minimum atomic E-state index is 0.762. The van der Waals surface area contributed by atoms with Gasteiger partial charge in [-0.05, 0) is 55.7 Å². The molecule has 1 aliphatic carbocycles. The van der Waals surface area contributed by atoms with Gasteiger partial charge in [0.05, 0.1) is 0 Å². The zero-order valence-electron chi connectivity index (χ0n) is 11.4. The van der Waals surface area contributed by atoms with Gasteiger partial charge in [0.2, 0.25) is 0 Å². The first kappa shape index (κ1) is 12.6. The first-order valence-electron chi connectivity index (χ1n) is 6.95. The van der Waals surface area contributed by atoms with E-state index in [2.05, 4.69) is 50.4 Å². The Morgan fingerprint density at radius 3 is 2.59 bits per heavy atom. The third kappa shape index (κ3) is 3.32. The highest BCUT2D eigenvalue weighted by molar-refractivity contribution is 5.31. The molecule has 17 heavy (non-hydrogen) atoms. The lowest BCUT2D eigenvalue weighted by Crippen LogP contribution is -2.40. The second kappa shape index (κ2) is 5.68. The predicted molar refractivity (Wildman–Crippen MR) is 74.4 cm³/mol. The Morgan fingerprint density at radius 1 is 1.24 bits per heavy atom. The molecule has 0 bridgehead atoms. The molecule has 1 saturated carbocycles. The largest absolute Gasteiger partial charge is 0.314 e. The third-order valence-corrected chi connectivity index (χ3v) is 3.92. The van der Waals surface area contributed by atoms with Crippen molar-refractivity contribution < 1.29 is 0 Å². The summed E-state index contributed by atoms with van der Waals surface area (Å²) in [5.74, 6) is 1.61. The summed E-state index contributed by atoms with van der Waals surface area (Å²) < 4.78 is 0. The summed E-state index contributed by atoms with van der Waals surface area (Å²) in [6.45, 7) is 7.99. The Bertz CT molecular complexity index is 350. The van der Waals surface area contributed by atoms with Crippen molar-refractivity contribution in [2.75, 3.05) is 6.54 Å². The molecule has 1 aromatic rings. The molecular weight excluding hydrogens is 206 g/mol. The van der Waals surface area contributed by atoms with Crippen LogP contribution in [0.25, 0.3) is 0 Å². The van der Waals surface area contributed by atoms with Crippen molar-refractivity contribution in [3.8, 4) is 0 Å². The molecule has 1 aromatic carbocycles. The number of aryl methyl sites for hydroxylation is 1. The van der Waals surface area contributed by atoms with Gasteiger partial charge in [0.15, 0.2) is 0 Å². The van der Waals surface area contributed by atoms with Crippen LogP contribution >= 0.6 is 0 Å². The topological polar surface area (TPSA) is 12.0 Å². The molecule has 0 aromatic heterocycles. The fourth-order valence-electron chi connectivity index (χ4n) is 2.66. The van der Waals surface area contributed by atoms with Crippen molar-refractivity contribution >= 4 is 0 Å². The highest BCUT2D eigenvalue weighted by Crippen LogP contribution is 2.38. The van der Waals surface area contributed by atoms with Gasteiger partial charge in [0.1, 0.15) is 0 Å². The molecule has 1 aliphatic rings. The molecule has 0 aliphatic heterocycles. The lowest BCUT2D eigenvalue weighted by molar-refractivity contribution is 0.285. The van der Waals surface area contributed by atoms with Crippen LogP contribution in [0.5, 0.6) is 0 Å². The molecule has 0 unspecified atom stereocenters. The minimum Gasteiger partial charge on any atom is -0.314 e. The second-order valence-corrected chi connectivity index (χ2v) is 5.86. The smallest absolute Gasteiger partial charge is 0.00787 e. The molecule has 94 valence electrons. The Kier molecular flexibility index (Phi) is 4.22. The van der Waals surface area contributed by atoms with Crippen molar-refractivity contribution in [3.63, 3.8) is 0 Å². The fourth-order valence-corrected chi connectivity index (χ4v) is 2.66. The molecule has 0 heterocycles. The number of hydrogen-bond donors (Lipinski definition) is 1. The quantitative estimate of drug-likeness (QED) is 0.811. The van der Waals surface area contributed by atoms with Gasteiger partial charge in [-0.1, -0.05) is 38.1 Å². The second-order valence-electron chi connectivity index (χ2n) is 5.86. The summed E-state index contributed by atoms with van der Waals surface area (Å²) in [5, 5.41) is 3.67. The summed E-state index contributed by atoms with van der Waals surface area (Å²) in [6, 6.07) is 9.59. The zero-order valence-corrected chi connectivity index (χ0v) is 11.4. The van der Waals surface area contributed by atoms with E-state index in [0.29, 0.717) is 0 Å². The van der Waals surface area contributed by atoms with Crippen LogP contribution in [0.1, 0.15) is 50.2 Å². The maximum atomic E-state index is 3.67. The standard InChI is InChI=1S/C16H25N/c1-12(2)8-9-17-15-10-14(11-15)16-7-5-4-6-13(16)3/h4-7,12,14-15,17H,8-11H2,1-3H3. The van der Waals surface area contributed by atoms with Crippen LogP contribution in [-0.2, 0) is 0 Å². The summed E-state index contributed by atoms with van der Waals surface area (Å²) in [5.41, 5.74) is 3.02. The molecule has 0 atom stereocenters. The maximum absolute atomic E-state index is 3.67. The van der Waals surface area contributed by atoms with Gasteiger partial charge in [0.25, 0.3) is 0 Å². The number of nitrogens with one attached hydrogen (secondary N) is 1. The monoisotopic (exact) mass is 231 g/mol. The number of hydrogen-bond acceptors (Lipinski definition) is 1. The van der Waals surface area contributed by atoms with Gasteiger partial charge < -0.3 is 5.32 Å². The van der Waals surface area contributed by atoms with E-state index in [-0.39, 0.29) is 0 Å². The van der Waals surface area contributed by atoms with Gasteiger partial charge in [-0.2, -0.15) is 0 Å². The van der Waals surface area contributed by atoms with E-state index < -0.39 is 0 Å². The lowest BCUT2D eigenvalue weighted by atomic mass is 9.74. The Labute approximate surface area is 106 Å². The first-order valence-corrected chi connectivity index (χ1v) is 6.95. The molecule has 0 amide bonds. The van der Waals surface area contributed by atoms with Crippen molar-refractivity contribution in [1.82, 2.24) is 5.32 Å². The lowest BCUT2D eigenvalue weighted by Gasteiger charge is -2.37. The van der Waals surface area contributed by atoms with Crippen LogP contribution in [-0.4, -0.2) is 12.6 Å². The van der Waals surface area contributed by atoms with E-state index in [4.69, 9.17) is 0 Å². The van der Waals surface area contributed by atoms with E-state index in [9.17, 15) is 0 Å². The maximum Gasteiger partial charge on any atom is 0.00787 e. The number of benzene rings is 1. The third-order valence-electron chi connectivity index (χ3n) is 3.92. The minimum absolute atomic E-state index is 0.762. The van der Waals surface area contributed by atoms with Crippen molar-refractivity contribution in [1.29, 1.82) is 0 Å². The number of rotatable bonds is 5. The summed E-state index contributed by atoms with van der Waals surface area (Å²) in [4.78, 5) is 0. The Balaban J connectivity index is 1.74. The van der Waals surface area contributed by atoms with E-state index >= 15 is 0 Å². The highest BCUT2D eigenvalue weighted by atomic mass is 14.9. The Morgan fingerprint density at radius 2 is 1.94 bits per heavy atom. The van der Waals surface area contributed by atoms with Crippen LogP contribution in [0.4, 0.5) is 0 Å². The Hall–Kier alpha value is -0.820. The predicted octanol–water partition coefficient (Wildman–Crippen LogP) is 3.88. The molecule has 0 saturated heterocycles. The van der Waals surface area contributed by atoms with Gasteiger partial charge in [0, 0.05) is 6.04 Å². The summed E-state index contributed by atoms with van der Waals surface area (Å²) in [7, 11) is 0. The van der Waals surface area contributed by atoms with Crippen molar-refractivity contribution in [2.24, 2.45) is 5.92 Å². The average molecular weight is 231 g/mol. The van der Waals surface area contributed by atoms with Crippen LogP contribution in [0.3, 0.4) is 0 Å². The van der Waals surface area contributed by atoms with Gasteiger partial charge in [-0.15, -0.1) is 0 Å². The first-order chi connectivity index (χ1) is 8.16. The highest BCUT2D eigenvalue weighted by Gasteiger charge is 2.30. The van der Waals surface area contributed by atoms with Crippen molar-refractivity contribution in [2.45, 2.75) is 52.0 Å². The van der Waals surface area contributed by atoms with Crippen LogP contribution < -0.4 is 5.32 Å². The van der Waals surface area contributed by atoms with Gasteiger partial charge in [-0.3, -0.25) is 0 Å². The fraction of sp³-hybridized carbons (Fsp3) is 0.625. The summed E-state index contributed by atoms with van der Waals surface area (Å²) in [6.07, 6.45) is 3.94. The van der Waals surface area contributed by atoms with E-state index in [0.717, 1.165) is 17.9 Å². The van der Waals surface area contributed by atoms with Gasteiger partial charge >= 0.3 is 0 Å². The van der Waals surface area contributed by atoms with Gasteiger partial charge in [-0.25, -0.2) is 0 Å².